The number of benzene rings is 1. The summed E-state index contributed by atoms with van der Waals surface area (Å²) in [4.78, 5) is 12.0. The molecule has 0 aliphatic heterocycles. The van der Waals surface area contributed by atoms with E-state index in [4.69, 9.17) is 4.74 Å². The van der Waals surface area contributed by atoms with Crippen molar-refractivity contribution < 1.29 is 14.6 Å². The monoisotopic (exact) mass is 306 g/mol. The minimum absolute atomic E-state index is 0.127. The van der Waals surface area contributed by atoms with E-state index in [0.717, 1.165) is 42.7 Å². The first kappa shape index (κ1) is 16.6. The first-order valence-electron chi connectivity index (χ1n) is 7.97. The maximum Gasteiger partial charge on any atom is 0.319 e. The molecule has 0 aromatic heterocycles. The van der Waals surface area contributed by atoms with Crippen LogP contribution in [0.5, 0.6) is 5.75 Å². The molecule has 122 valence electrons. The van der Waals surface area contributed by atoms with E-state index in [1.807, 2.05) is 39.0 Å². The molecule has 0 saturated heterocycles. The van der Waals surface area contributed by atoms with Crippen molar-refractivity contribution in [3.63, 3.8) is 0 Å². The third-order valence-corrected chi connectivity index (χ3v) is 3.83. The Bertz CT molecular complexity index is 509. The Morgan fingerprint density at radius 2 is 1.95 bits per heavy atom. The number of nitrogens with one attached hydrogen (secondary N) is 2. The molecule has 2 amide bonds. The number of amides is 2. The Labute approximate surface area is 132 Å². The summed E-state index contributed by atoms with van der Waals surface area (Å²) in [7, 11) is 0. The summed E-state index contributed by atoms with van der Waals surface area (Å²) in [5.74, 6) is 0.835. The van der Waals surface area contributed by atoms with Crippen molar-refractivity contribution in [3.8, 4) is 5.75 Å². The highest BCUT2D eigenvalue weighted by Gasteiger charge is 2.20. The van der Waals surface area contributed by atoms with Gasteiger partial charge in [0.2, 0.25) is 0 Å². The van der Waals surface area contributed by atoms with Crippen LogP contribution in [0.15, 0.2) is 18.2 Å². The van der Waals surface area contributed by atoms with E-state index in [1.54, 1.807) is 0 Å². The highest BCUT2D eigenvalue weighted by Crippen LogP contribution is 2.23. The van der Waals surface area contributed by atoms with Gasteiger partial charge in [-0.1, -0.05) is 0 Å². The third kappa shape index (κ3) is 4.91. The summed E-state index contributed by atoms with van der Waals surface area (Å²) in [6.07, 6.45) is 3.08. The van der Waals surface area contributed by atoms with Crippen LogP contribution in [0.4, 0.5) is 10.5 Å². The summed E-state index contributed by atoms with van der Waals surface area (Å²) in [6, 6.07) is 5.57. The average molecular weight is 306 g/mol. The molecule has 1 saturated carbocycles. The molecule has 0 atom stereocenters. The molecule has 5 nitrogen and oxygen atoms in total. The van der Waals surface area contributed by atoms with Gasteiger partial charge in [-0.25, -0.2) is 4.79 Å². The summed E-state index contributed by atoms with van der Waals surface area (Å²) in [5.41, 5.74) is 1.74. The minimum atomic E-state index is -0.211. The largest absolute Gasteiger partial charge is 0.491 e. The fourth-order valence-electron chi connectivity index (χ4n) is 2.69. The fraction of sp³-hybridized carbons (Fsp3) is 0.588. The number of hydrogen-bond acceptors (Lipinski definition) is 3. The Kier molecular flexibility index (Phi) is 5.66. The Hall–Kier alpha value is -1.75. The predicted molar refractivity (Wildman–Crippen MR) is 87.4 cm³/mol. The van der Waals surface area contributed by atoms with Crippen molar-refractivity contribution in [2.24, 2.45) is 0 Å². The lowest BCUT2D eigenvalue weighted by molar-refractivity contribution is 0.118. The van der Waals surface area contributed by atoms with Crippen molar-refractivity contribution in [2.45, 2.75) is 64.7 Å². The van der Waals surface area contributed by atoms with Gasteiger partial charge in [0.05, 0.1) is 12.2 Å². The van der Waals surface area contributed by atoms with Crippen LogP contribution in [-0.4, -0.2) is 29.4 Å². The standard InChI is InChI=1S/C17H26N2O3/c1-11(2)22-16-9-6-14(10-12(16)3)19-17(21)18-13-4-7-15(20)8-5-13/h6,9-11,13,15,20H,4-5,7-8H2,1-3H3,(H2,18,19,21). The van der Waals surface area contributed by atoms with E-state index in [2.05, 4.69) is 10.6 Å². The van der Waals surface area contributed by atoms with E-state index in [1.165, 1.54) is 0 Å². The predicted octanol–water partition coefficient (Wildman–Crippen LogP) is 3.21. The second-order valence-electron chi connectivity index (χ2n) is 6.25. The number of aryl methyl sites for hydroxylation is 1. The number of carbonyl (C=O) groups excluding carboxylic acids is 1. The first-order chi connectivity index (χ1) is 10.4. The van der Waals surface area contributed by atoms with Gasteiger partial charge in [-0.3, -0.25) is 0 Å². The summed E-state index contributed by atoms with van der Waals surface area (Å²) < 4.78 is 5.68. The number of aliphatic hydroxyl groups is 1. The molecule has 3 N–H and O–H groups in total. The van der Waals surface area contributed by atoms with Crippen molar-refractivity contribution >= 4 is 11.7 Å². The van der Waals surface area contributed by atoms with Crippen LogP contribution in [0.3, 0.4) is 0 Å². The number of ether oxygens (including phenoxy) is 1. The summed E-state index contributed by atoms with van der Waals surface area (Å²) in [5, 5.41) is 15.3. The van der Waals surface area contributed by atoms with Gasteiger partial charge >= 0.3 is 6.03 Å². The zero-order valence-electron chi connectivity index (χ0n) is 13.6. The molecule has 0 spiro atoms. The van der Waals surface area contributed by atoms with Gasteiger partial charge in [0, 0.05) is 11.7 Å². The molecule has 1 fully saturated rings. The highest BCUT2D eigenvalue weighted by molar-refractivity contribution is 5.89. The fourth-order valence-corrected chi connectivity index (χ4v) is 2.69. The first-order valence-corrected chi connectivity index (χ1v) is 7.97. The summed E-state index contributed by atoms with van der Waals surface area (Å²) in [6.45, 7) is 5.93. The number of anilines is 1. The van der Waals surface area contributed by atoms with E-state index >= 15 is 0 Å². The van der Waals surface area contributed by atoms with Gasteiger partial charge in [0.25, 0.3) is 0 Å². The van der Waals surface area contributed by atoms with E-state index in [-0.39, 0.29) is 24.3 Å². The zero-order chi connectivity index (χ0) is 16.1. The maximum absolute atomic E-state index is 12.0. The van der Waals surface area contributed by atoms with Gasteiger partial charge in [-0.15, -0.1) is 0 Å². The van der Waals surface area contributed by atoms with Gasteiger partial charge in [-0.05, 0) is 70.2 Å². The second-order valence-corrected chi connectivity index (χ2v) is 6.25. The lowest BCUT2D eigenvalue weighted by Gasteiger charge is -2.26. The molecule has 0 heterocycles. The van der Waals surface area contributed by atoms with Crippen LogP contribution in [0, 0.1) is 6.92 Å². The molecule has 1 aliphatic rings. The van der Waals surface area contributed by atoms with Crippen LogP contribution in [-0.2, 0) is 0 Å². The van der Waals surface area contributed by atoms with Gasteiger partial charge < -0.3 is 20.5 Å². The van der Waals surface area contributed by atoms with E-state index in [9.17, 15) is 9.90 Å². The smallest absolute Gasteiger partial charge is 0.319 e. The van der Waals surface area contributed by atoms with Crippen LogP contribution >= 0.6 is 0 Å². The molecule has 1 aromatic rings. The molecule has 5 heteroatoms. The van der Waals surface area contributed by atoms with Crippen molar-refractivity contribution in [1.29, 1.82) is 0 Å². The van der Waals surface area contributed by atoms with Gasteiger partial charge in [0.15, 0.2) is 0 Å². The van der Waals surface area contributed by atoms with Crippen LogP contribution in [0.1, 0.15) is 45.1 Å². The molecule has 0 radical (unpaired) electrons. The number of rotatable bonds is 4. The minimum Gasteiger partial charge on any atom is -0.491 e. The topological polar surface area (TPSA) is 70.6 Å². The molecule has 0 bridgehead atoms. The van der Waals surface area contributed by atoms with Crippen molar-refractivity contribution in [3.05, 3.63) is 23.8 Å². The Morgan fingerprint density at radius 1 is 1.27 bits per heavy atom. The van der Waals surface area contributed by atoms with Crippen molar-refractivity contribution in [2.75, 3.05) is 5.32 Å². The highest BCUT2D eigenvalue weighted by atomic mass is 16.5. The van der Waals surface area contributed by atoms with Gasteiger partial charge in [0.1, 0.15) is 5.75 Å². The molecule has 0 unspecified atom stereocenters. The van der Waals surface area contributed by atoms with Crippen LogP contribution in [0.2, 0.25) is 0 Å². The Morgan fingerprint density at radius 3 is 2.55 bits per heavy atom. The van der Waals surface area contributed by atoms with Crippen molar-refractivity contribution in [1.82, 2.24) is 5.32 Å². The Balaban J connectivity index is 1.87. The number of carbonyl (C=O) groups is 1. The molecular formula is C17H26N2O3. The van der Waals surface area contributed by atoms with E-state index < -0.39 is 0 Å². The second kappa shape index (κ2) is 7.49. The summed E-state index contributed by atoms with van der Waals surface area (Å²) >= 11 is 0. The lowest BCUT2D eigenvalue weighted by atomic mass is 9.93. The average Bonchev–Trinajstić information content (AvgIpc) is 2.44. The third-order valence-electron chi connectivity index (χ3n) is 3.83. The molecular weight excluding hydrogens is 280 g/mol. The van der Waals surface area contributed by atoms with Crippen LogP contribution in [0.25, 0.3) is 0 Å². The normalized spacial score (nSPS) is 21.5. The van der Waals surface area contributed by atoms with E-state index in [0.29, 0.717) is 0 Å². The number of hydrogen-bond donors (Lipinski definition) is 3. The molecule has 2 rings (SSSR count). The zero-order valence-corrected chi connectivity index (χ0v) is 13.6. The quantitative estimate of drug-likeness (QED) is 0.800. The lowest BCUT2D eigenvalue weighted by Crippen LogP contribution is -2.40. The van der Waals surface area contributed by atoms with Crippen LogP contribution < -0.4 is 15.4 Å². The number of urea groups is 1. The SMILES string of the molecule is Cc1cc(NC(=O)NC2CCC(O)CC2)ccc1OC(C)C. The molecule has 1 aromatic carbocycles. The number of aliphatic hydroxyl groups excluding tert-OH is 1. The maximum atomic E-state index is 12.0. The van der Waals surface area contributed by atoms with Gasteiger partial charge in [-0.2, -0.15) is 0 Å². The molecule has 22 heavy (non-hydrogen) atoms. The molecule has 1 aliphatic carbocycles.